The van der Waals surface area contributed by atoms with Crippen molar-refractivity contribution < 1.29 is 19.4 Å². The van der Waals surface area contributed by atoms with Crippen molar-refractivity contribution in [2.45, 2.75) is 50.0 Å². The Bertz CT molecular complexity index is 620. The molecule has 2 bridgehead atoms. The van der Waals surface area contributed by atoms with Gasteiger partial charge in [0.25, 0.3) is 0 Å². The molecule has 1 fully saturated rings. The quantitative estimate of drug-likeness (QED) is 0.900. The third kappa shape index (κ3) is 2.02. The summed E-state index contributed by atoms with van der Waals surface area (Å²) in [5, 5.41) is 11.2. The Morgan fingerprint density at radius 1 is 1.32 bits per heavy atom. The molecule has 1 amide bonds. The Balaban J connectivity index is 1.71. The highest BCUT2D eigenvalue weighted by Crippen LogP contribution is 2.57. The van der Waals surface area contributed by atoms with Gasteiger partial charge in [-0.25, -0.2) is 4.79 Å². The van der Waals surface area contributed by atoms with Gasteiger partial charge in [0.05, 0.1) is 13.7 Å². The summed E-state index contributed by atoms with van der Waals surface area (Å²) >= 11 is 0. The van der Waals surface area contributed by atoms with Crippen molar-refractivity contribution in [2.24, 2.45) is 0 Å². The number of amides is 1. The predicted molar refractivity (Wildman–Crippen MR) is 81.1 cm³/mol. The van der Waals surface area contributed by atoms with Gasteiger partial charge in [-0.05, 0) is 43.6 Å². The van der Waals surface area contributed by atoms with Gasteiger partial charge in [-0.3, -0.25) is 0 Å². The molecule has 0 aromatic heterocycles. The monoisotopic (exact) mass is 303 g/mol. The fourth-order valence-electron chi connectivity index (χ4n) is 4.46. The lowest BCUT2D eigenvalue weighted by Gasteiger charge is -2.39. The third-order valence-electron chi connectivity index (χ3n) is 5.37. The van der Waals surface area contributed by atoms with Gasteiger partial charge >= 0.3 is 6.09 Å². The summed E-state index contributed by atoms with van der Waals surface area (Å²) in [5.74, 6) is 3.19. The first-order valence-electron chi connectivity index (χ1n) is 8.04. The summed E-state index contributed by atoms with van der Waals surface area (Å²) in [7, 11) is 1.74. The number of methoxy groups -OCH3 is 1. The molecule has 5 heteroatoms. The molecule has 0 saturated heterocycles. The zero-order chi connectivity index (χ0) is 15.3. The second-order valence-corrected chi connectivity index (χ2v) is 6.57. The molecule has 1 aromatic rings. The Labute approximate surface area is 129 Å². The molecule has 1 aromatic carbocycles. The molecule has 3 aliphatic carbocycles. The minimum atomic E-state index is -1.00. The van der Waals surface area contributed by atoms with E-state index in [1.165, 1.54) is 42.4 Å². The SMILES string of the molecule is COc1cc2c(c3c1C1CCC3CC1)OC(CNC(=O)O)C2. The molecule has 1 aliphatic heterocycles. The molecule has 5 nitrogen and oxygen atoms in total. The van der Waals surface area contributed by atoms with E-state index in [-0.39, 0.29) is 6.10 Å². The van der Waals surface area contributed by atoms with E-state index >= 15 is 0 Å². The zero-order valence-corrected chi connectivity index (χ0v) is 12.7. The maximum Gasteiger partial charge on any atom is 0.404 e. The molecule has 0 radical (unpaired) electrons. The van der Waals surface area contributed by atoms with E-state index < -0.39 is 6.09 Å². The van der Waals surface area contributed by atoms with E-state index in [4.69, 9.17) is 14.6 Å². The number of hydrogen-bond donors (Lipinski definition) is 2. The highest BCUT2D eigenvalue weighted by atomic mass is 16.5. The van der Waals surface area contributed by atoms with E-state index in [0.29, 0.717) is 18.4 Å². The molecular weight excluding hydrogens is 282 g/mol. The Hall–Kier alpha value is -1.91. The van der Waals surface area contributed by atoms with E-state index in [2.05, 4.69) is 11.4 Å². The van der Waals surface area contributed by atoms with Crippen molar-refractivity contribution in [3.05, 3.63) is 22.8 Å². The topological polar surface area (TPSA) is 67.8 Å². The van der Waals surface area contributed by atoms with E-state index in [9.17, 15) is 4.79 Å². The highest BCUT2D eigenvalue weighted by molar-refractivity contribution is 5.64. The first kappa shape index (κ1) is 13.7. The van der Waals surface area contributed by atoms with Gasteiger partial charge in [-0.2, -0.15) is 0 Å². The van der Waals surface area contributed by atoms with Crippen molar-refractivity contribution in [3.8, 4) is 11.5 Å². The van der Waals surface area contributed by atoms with Crippen LogP contribution < -0.4 is 14.8 Å². The van der Waals surface area contributed by atoms with Crippen LogP contribution in [0.5, 0.6) is 11.5 Å². The van der Waals surface area contributed by atoms with Crippen molar-refractivity contribution in [2.75, 3.05) is 13.7 Å². The number of carboxylic acid groups (broad SMARTS) is 1. The van der Waals surface area contributed by atoms with Crippen LogP contribution in [0, 0.1) is 0 Å². The van der Waals surface area contributed by atoms with Crippen LogP contribution in [-0.4, -0.2) is 31.0 Å². The van der Waals surface area contributed by atoms with E-state index in [1.807, 2.05) is 0 Å². The van der Waals surface area contributed by atoms with Crippen molar-refractivity contribution in [1.82, 2.24) is 5.32 Å². The number of hydrogen-bond acceptors (Lipinski definition) is 3. The molecule has 4 aliphatic rings. The number of carbonyl (C=O) groups is 1. The van der Waals surface area contributed by atoms with Crippen molar-refractivity contribution in [3.63, 3.8) is 0 Å². The Morgan fingerprint density at radius 2 is 2.00 bits per heavy atom. The van der Waals surface area contributed by atoms with Gasteiger partial charge in [0.2, 0.25) is 0 Å². The first-order chi connectivity index (χ1) is 10.7. The normalized spacial score (nSPS) is 27.8. The third-order valence-corrected chi connectivity index (χ3v) is 5.37. The summed E-state index contributed by atoms with van der Waals surface area (Å²) in [6.07, 6.45) is 4.60. The van der Waals surface area contributed by atoms with E-state index in [0.717, 1.165) is 17.9 Å². The summed E-state index contributed by atoms with van der Waals surface area (Å²) < 4.78 is 11.8. The minimum Gasteiger partial charge on any atom is -0.496 e. The fourth-order valence-corrected chi connectivity index (χ4v) is 4.46. The average molecular weight is 303 g/mol. The van der Waals surface area contributed by atoms with Crippen LogP contribution in [-0.2, 0) is 6.42 Å². The van der Waals surface area contributed by atoms with E-state index in [1.54, 1.807) is 7.11 Å². The number of fused-ring (bicyclic) bond motifs is 3. The molecule has 2 N–H and O–H groups in total. The van der Waals surface area contributed by atoms with Crippen LogP contribution in [0.15, 0.2) is 6.07 Å². The fraction of sp³-hybridized carbons (Fsp3) is 0.588. The second-order valence-electron chi connectivity index (χ2n) is 6.57. The molecule has 22 heavy (non-hydrogen) atoms. The van der Waals surface area contributed by atoms with Gasteiger partial charge in [0.15, 0.2) is 0 Å². The van der Waals surface area contributed by atoms with Gasteiger partial charge < -0.3 is 19.9 Å². The largest absolute Gasteiger partial charge is 0.496 e. The van der Waals surface area contributed by atoms with Crippen LogP contribution in [0.1, 0.15) is 54.2 Å². The molecule has 1 heterocycles. The van der Waals surface area contributed by atoms with Crippen LogP contribution in [0.3, 0.4) is 0 Å². The number of ether oxygens (including phenoxy) is 2. The summed E-state index contributed by atoms with van der Waals surface area (Å²) in [4.78, 5) is 10.7. The standard InChI is InChI=1S/C17H21NO4/c1-21-13-7-11-6-12(8-18-17(19)20)22-16(11)15-10-4-2-9(3-5-10)14(13)15/h7,9-10,12,18H,2-6,8H2,1H3,(H,19,20). The Kier molecular flexibility index (Phi) is 3.17. The lowest BCUT2D eigenvalue weighted by molar-refractivity contribution is 0.179. The maximum atomic E-state index is 10.7. The summed E-state index contributed by atoms with van der Waals surface area (Å²) in [5.41, 5.74) is 3.88. The lowest BCUT2D eigenvalue weighted by Crippen LogP contribution is -2.33. The molecule has 1 atom stereocenters. The van der Waals surface area contributed by atoms with Gasteiger partial charge in [-0.1, -0.05) is 0 Å². The highest BCUT2D eigenvalue weighted by Gasteiger charge is 2.40. The molecule has 5 rings (SSSR count). The second kappa shape index (κ2) is 5.07. The van der Waals surface area contributed by atoms with Crippen molar-refractivity contribution in [1.29, 1.82) is 0 Å². The number of nitrogens with one attached hydrogen (secondary N) is 1. The minimum absolute atomic E-state index is 0.109. The van der Waals surface area contributed by atoms with Crippen molar-refractivity contribution >= 4 is 6.09 Å². The Morgan fingerprint density at radius 3 is 2.64 bits per heavy atom. The number of benzene rings is 1. The smallest absolute Gasteiger partial charge is 0.404 e. The first-order valence-corrected chi connectivity index (χ1v) is 8.04. The van der Waals surface area contributed by atoms with Crippen LogP contribution in [0.4, 0.5) is 4.79 Å². The summed E-state index contributed by atoms with van der Waals surface area (Å²) in [6.45, 7) is 0.329. The maximum absolute atomic E-state index is 10.7. The molecular formula is C17H21NO4. The molecule has 1 saturated carbocycles. The van der Waals surface area contributed by atoms with Gasteiger partial charge in [0, 0.05) is 23.1 Å². The van der Waals surface area contributed by atoms with Gasteiger partial charge in [-0.15, -0.1) is 0 Å². The average Bonchev–Trinajstić information content (AvgIpc) is 2.96. The van der Waals surface area contributed by atoms with Gasteiger partial charge in [0.1, 0.15) is 17.6 Å². The van der Waals surface area contributed by atoms with Crippen LogP contribution in [0.2, 0.25) is 0 Å². The molecule has 0 spiro atoms. The summed E-state index contributed by atoms with van der Waals surface area (Å²) in [6, 6.07) is 2.11. The van der Waals surface area contributed by atoms with Crippen LogP contribution >= 0.6 is 0 Å². The zero-order valence-electron chi connectivity index (χ0n) is 12.7. The number of rotatable bonds is 3. The van der Waals surface area contributed by atoms with Crippen LogP contribution in [0.25, 0.3) is 0 Å². The predicted octanol–water partition coefficient (Wildman–Crippen LogP) is 3.02. The lowest BCUT2D eigenvalue weighted by atomic mass is 9.66. The molecule has 118 valence electrons. The molecule has 1 unspecified atom stereocenters.